The molecule has 2 fully saturated rings. The second-order valence-corrected chi connectivity index (χ2v) is 6.57. The second kappa shape index (κ2) is 6.63. The minimum absolute atomic E-state index is 0.00861. The largest absolute Gasteiger partial charge is 0.338 e. The molecule has 4 rings (SSSR count). The van der Waals surface area contributed by atoms with Gasteiger partial charge in [0.25, 0.3) is 0 Å². The van der Waals surface area contributed by atoms with Crippen molar-refractivity contribution >= 4 is 17.8 Å². The Morgan fingerprint density at radius 3 is 1.92 bits per heavy atom. The van der Waals surface area contributed by atoms with Gasteiger partial charge in [0.2, 0.25) is 11.8 Å². The summed E-state index contributed by atoms with van der Waals surface area (Å²) >= 11 is 0. The second-order valence-electron chi connectivity index (χ2n) is 6.57. The van der Waals surface area contributed by atoms with Crippen molar-refractivity contribution in [2.24, 2.45) is 0 Å². The highest BCUT2D eigenvalue weighted by Gasteiger charge is 2.44. The van der Waals surface area contributed by atoms with Gasteiger partial charge in [-0.25, -0.2) is 4.79 Å². The van der Waals surface area contributed by atoms with Gasteiger partial charge in [-0.1, -0.05) is 60.7 Å². The van der Waals surface area contributed by atoms with E-state index in [0.717, 1.165) is 11.1 Å². The summed E-state index contributed by atoms with van der Waals surface area (Å²) in [6.07, 6.45) is 0. The molecule has 6 nitrogen and oxygen atoms in total. The molecule has 2 saturated heterocycles. The molecule has 2 aromatic carbocycles. The Morgan fingerprint density at radius 2 is 1.46 bits per heavy atom. The van der Waals surface area contributed by atoms with Gasteiger partial charge in [-0.3, -0.25) is 14.5 Å². The van der Waals surface area contributed by atoms with Gasteiger partial charge in [-0.15, -0.1) is 0 Å². The van der Waals surface area contributed by atoms with Crippen molar-refractivity contribution in [2.45, 2.75) is 12.0 Å². The van der Waals surface area contributed by atoms with Gasteiger partial charge in [-0.2, -0.15) is 0 Å². The topological polar surface area (TPSA) is 69.7 Å². The van der Waals surface area contributed by atoms with E-state index in [-0.39, 0.29) is 36.3 Å². The fraction of sp³-hybridized carbons (Fsp3) is 0.250. The fourth-order valence-electron chi connectivity index (χ4n) is 3.55. The Labute approximate surface area is 151 Å². The van der Waals surface area contributed by atoms with E-state index in [1.807, 2.05) is 60.7 Å². The number of hydrogen-bond donors (Lipinski definition) is 1. The van der Waals surface area contributed by atoms with Crippen molar-refractivity contribution in [2.75, 3.05) is 19.6 Å². The van der Waals surface area contributed by atoms with E-state index in [0.29, 0.717) is 13.1 Å². The number of benzene rings is 2. The molecule has 0 bridgehead atoms. The van der Waals surface area contributed by atoms with Gasteiger partial charge in [0, 0.05) is 13.1 Å². The maximum absolute atomic E-state index is 13.2. The minimum Gasteiger partial charge on any atom is -0.338 e. The lowest BCUT2D eigenvalue weighted by Gasteiger charge is -2.44. The summed E-state index contributed by atoms with van der Waals surface area (Å²) in [4.78, 5) is 39.7. The number of likely N-dealkylation sites (tertiary alicyclic amines) is 1. The van der Waals surface area contributed by atoms with Crippen LogP contribution in [-0.4, -0.2) is 53.3 Å². The van der Waals surface area contributed by atoms with Crippen LogP contribution in [0.4, 0.5) is 4.79 Å². The molecule has 0 radical (unpaired) electrons. The molecule has 26 heavy (non-hydrogen) atoms. The highest BCUT2D eigenvalue weighted by molar-refractivity contribution is 6.02. The number of nitrogens with one attached hydrogen (secondary N) is 1. The Hall–Kier alpha value is -3.15. The van der Waals surface area contributed by atoms with Crippen LogP contribution >= 0.6 is 0 Å². The number of hydrogen-bond acceptors (Lipinski definition) is 3. The summed E-state index contributed by atoms with van der Waals surface area (Å²) in [5, 5.41) is 2.52. The van der Waals surface area contributed by atoms with Gasteiger partial charge < -0.3 is 10.2 Å². The molecule has 6 heteroatoms. The average Bonchev–Trinajstić information content (AvgIpc) is 2.95. The lowest BCUT2D eigenvalue weighted by Crippen LogP contribution is -2.63. The summed E-state index contributed by atoms with van der Waals surface area (Å²) < 4.78 is 0. The van der Waals surface area contributed by atoms with Crippen LogP contribution in [0.1, 0.15) is 17.0 Å². The van der Waals surface area contributed by atoms with Crippen LogP contribution < -0.4 is 5.32 Å². The van der Waals surface area contributed by atoms with Gasteiger partial charge >= 0.3 is 6.03 Å². The number of imide groups is 1. The maximum Gasteiger partial charge on any atom is 0.324 e. The summed E-state index contributed by atoms with van der Waals surface area (Å²) in [5.41, 5.74) is 1.87. The zero-order valence-corrected chi connectivity index (χ0v) is 14.2. The van der Waals surface area contributed by atoms with Crippen LogP contribution in [0.5, 0.6) is 0 Å². The van der Waals surface area contributed by atoms with Gasteiger partial charge in [0.05, 0.1) is 18.5 Å². The zero-order chi connectivity index (χ0) is 18.1. The third kappa shape index (κ3) is 2.83. The minimum atomic E-state index is -0.388. The Morgan fingerprint density at radius 1 is 0.923 bits per heavy atom. The molecule has 0 saturated carbocycles. The Balaban J connectivity index is 1.53. The van der Waals surface area contributed by atoms with E-state index < -0.39 is 0 Å². The van der Waals surface area contributed by atoms with E-state index in [9.17, 15) is 14.4 Å². The maximum atomic E-state index is 13.2. The average molecular weight is 349 g/mol. The Bertz CT molecular complexity index is 776. The number of rotatable bonds is 4. The van der Waals surface area contributed by atoms with E-state index in [2.05, 4.69) is 5.32 Å². The van der Waals surface area contributed by atoms with Crippen molar-refractivity contribution < 1.29 is 14.4 Å². The molecule has 0 atom stereocenters. The van der Waals surface area contributed by atoms with Crippen LogP contribution in [0.2, 0.25) is 0 Å². The summed E-state index contributed by atoms with van der Waals surface area (Å²) in [7, 11) is 0. The van der Waals surface area contributed by atoms with Gasteiger partial charge in [-0.05, 0) is 11.1 Å². The SMILES string of the molecule is O=C(C(c1ccccc1)c1ccccc1)N1CC(N2C(=O)CNC2=O)C1. The van der Waals surface area contributed by atoms with E-state index in [1.165, 1.54) is 4.90 Å². The number of nitrogens with zero attached hydrogens (tertiary/aromatic N) is 2. The zero-order valence-electron chi connectivity index (χ0n) is 14.2. The first-order valence-corrected chi connectivity index (χ1v) is 8.63. The summed E-state index contributed by atoms with van der Waals surface area (Å²) in [5.74, 6) is -0.623. The molecular formula is C20H19N3O3. The molecule has 1 N–H and O–H groups in total. The number of carbonyl (C=O) groups is 3. The smallest absolute Gasteiger partial charge is 0.324 e. The van der Waals surface area contributed by atoms with Crippen LogP contribution in [-0.2, 0) is 9.59 Å². The van der Waals surface area contributed by atoms with Crippen LogP contribution in [0.15, 0.2) is 60.7 Å². The number of amides is 4. The number of urea groups is 1. The molecule has 2 heterocycles. The van der Waals surface area contributed by atoms with E-state index in [4.69, 9.17) is 0 Å². The van der Waals surface area contributed by atoms with E-state index >= 15 is 0 Å². The first-order chi connectivity index (χ1) is 12.6. The van der Waals surface area contributed by atoms with Crippen molar-refractivity contribution in [1.82, 2.24) is 15.1 Å². The first kappa shape index (κ1) is 16.3. The highest BCUT2D eigenvalue weighted by atomic mass is 16.2. The first-order valence-electron chi connectivity index (χ1n) is 8.63. The molecular weight excluding hydrogens is 330 g/mol. The predicted molar refractivity (Wildman–Crippen MR) is 95.3 cm³/mol. The normalized spacial score (nSPS) is 17.4. The predicted octanol–water partition coefficient (Wildman–Crippen LogP) is 1.58. The summed E-state index contributed by atoms with van der Waals surface area (Å²) in [6, 6.07) is 18.7. The molecule has 4 amide bonds. The third-order valence-corrected chi connectivity index (χ3v) is 4.93. The van der Waals surface area contributed by atoms with Crippen molar-refractivity contribution in [1.29, 1.82) is 0 Å². The van der Waals surface area contributed by atoms with Gasteiger partial charge in [0.1, 0.15) is 0 Å². The Kier molecular flexibility index (Phi) is 4.16. The van der Waals surface area contributed by atoms with Crippen molar-refractivity contribution in [3.05, 3.63) is 71.8 Å². The lowest BCUT2D eigenvalue weighted by molar-refractivity contribution is -0.142. The molecule has 0 aliphatic carbocycles. The molecule has 0 spiro atoms. The molecule has 2 aliphatic heterocycles. The third-order valence-electron chi connectivity index (χ3n) is 4.93. The van der Waals surface area contributed by atoms with Crippen molar-refractivity contribution in [3.63, 3.8) is 0 Å². The standard InChI is InChI=1S/C20H19N3O3/c24-17-11-21-20(26)23(17)16-12-22(13-16)19(25)18(14-7-3-1-4-8-14)15-9-5-2-6-10-15/h1-10,16,18H,11-13H2,(H,21,26). The molecule has 0 aromatic heterocycles. The highest BCUT2D eigenvalue weighted by Crippen LogP contribution is 2.29. The molecule has 0 unspecified atom stereocenters. The monoisotopic (exact) mass is 349 g/mol. The number of carbonyl (C=O) groups excluding carboxylic acids is 3. The van der Waals surface area contributed by atoms with Gasteiger partial charge in [0.15, 0.2) is 0 Å². The molecule has 132 valence electrons. The fourth-order valence-corrected chi connectivity index (χ4v) is 3.55. The molecule has 2 aliphatic rings. The van der Waals surface area contributed by atoms with E-state index in [1.54, 1.807) is 4.90 Å². The van der Waals surface area contributed by atoms with Crippen LogP contribution in [0.3, 0.4) is 0 Å². The quantitative estimate of drug-likeness (QED) is 0.852. The van der Waals surface area contributed by atoms with Crippen molar-refractivity contribution in [3.8, 4) is 0 Å². The molecule has 2 aromatic rings. The lowest BCUT2D eigenvalue weighted by atomic mass is 9.88. The summed E-state index contributed by atoms with van der Waals surface area (Å²) in [6.45, 7) is 0.808. The van der Waals surface area contributed by atoms with Crippen LogP contribution in [0, 0.1) is 0 Å². The van der Waals surface area contributed by atoms with Crippen LogP contribution in [0.25, 0.3) is 0 Å².